The molecule has 0 spiro atoms. The Hall–Kier alpha value is -3.80. The summed E-state index contributed by atoms with van der Waals surface area (Å²) in [6, 6.07) is 21.6. The van der Waals surface area contributed by atoms with E-state index in [9.17, 15) is 18.0 Å². The van der Waals surface area contributed by atoms with Crippen molar-refractivity contribution >= 4 is 33.2 Å². The van der Waals surface area contributed by atoms with Gasteiger partial charge in [-0.05, 0) is 23.6 Å². The van der Waals surface area contributed by atoms with Crippen LogP contribution >= 0.6 is 11.3 Å². The molecule has 0 saturated heterocycles. The van der Waals surface area contributed by atoms with E-state index in [0.29, 0.717) is 5.69 Å². The SMILES string of the molecule is CN(CC(=O)NNC(=O)c1cn(-c2ccccc2)nc1-c1ccccc1)S(=O)(=O)c1cccs1. The largest absolute Gasteiger partial charge is 0.273 e. The van der Waals surface area contributed by atoms with Gasteiger partial charge in [0.15, 0.2) is 0 Å². The number of nitrogens with zero attached hydrogens (tertiary/aromatic N) is 3. The third-order valence-corrected chi connectivity index (χ3v) is 8.04. The molecule has 0 aliphatic rings. The second kappa shape index (κ2) is 10.00. The number of rotatable bonds is 7. The Morgan fingerprint density at radius 1 is 0.971 bits per heavy atom. The maximum atomic E-state index is 12.9. The summed E-state index contributed by atoms with van der Waals surface area (Å²) in [5, 5.41) is 6.20. The van der Waals surface area contributed by atoms with Crippen molar-refractivity contribution in [3.8, 4) is 16.9 Å². The molecule has 0 radical (unpaired) electrons. The highest BCUT2D eigenvalue weighted by atomic mass is 32.2. The molecular formula is C23H21N5O4S2. The van der Waals surface area contributed by atoms with Crippen LogP contribution in [0.4, 0.5) is 0 Å². The lowest BCUT2D eigenvalue weighted by atomic mass is 10.1. The fourth-order valence-corrected chi connectivity index (χ4v) is 5.47. The average Bonchev–Trinajstić information content (AvgIpc) is 3.55. The molecule has 9 nitrogen and oxygen atoms in total. The lowest BCUT2D eigenvalue weighted by Crippen LogP contribution is -2.46. The number of amides is 2. The summed E-state index contributed by atoms with van der Waals surface area (Å²) in [5.41, 5.74) is 6.82. The van der Waals surface area contributed by atoms with Crippen LogP contribution in [-0.4, -0.2) is 47.9 Å². The predicted octanol–water partition coefficient (Wildman–Crippen LogP) is 2.68. The highest BCUT2D eigenvalue weighted by molar-refractivity contribution is 7.91. The quantitative estimate of drug-likeness (QED) is 0.383. The topological polar surface area (TPSA) is 113 Å². The summed E-state index contributed by atoms with van der Waals surface area (Å²) in [4.78, 5) is 25.3. The zero-order valence-electron chi connectivity index (χ0n) is 18.1. The van der Waals surface area contributed by atoms with Gasteiger partial charge in [0.05, 0.1) is 17.8 Å². The van der Waals surface area contributed by atoms with Crippen molar-refractivity contribution in [3.05, 3.63) is 89.9 Å². The van der Waals surface area contributed by atoms with E-state index in [2.05, 4.69) is 16.0 Å². The van der Waals surface area contributed by atoms with E-state index in [1.165, 1.54) is 13.1 Å². The van der Waals surface area contributed by atoms with Crippen molar-refractivity contribution in [2.24, 2.45) is 0 Å². The van der Waals surface area contributed by atoms with Crippen molar-refractivity contribution < 1.29 is 18.0 Å². The zero-order valence-corrected chi connectivity index (χ0v) is 19.7. The van der Waals surface area contributed by atoms with E-state index in [1.807, 2.05) is 60.7 Å². The lowest BCUT2D eigenvalue weighted by molar-refractivity contribution is -0.121. The van der Waals surface area contributed by atoms with Gasteiger partial charge in [-0.15, -0.1) is 11.3 Å². The molecule has 2 amide bonds. The smallest absolute Gasteiger partial charge is 0.272 e. The van der Waals surface area contributed by atoms with Gasteiger partial charge in [-0.25, -0.2) is 13.1 Å². The molecule has 0 aliphatic heterocycles. The van der Waals surface area contributed by atoms with Crippen LogP contribution in [0.1, 0.15) is 10.4 Å². The Morgan fingerprint density at radius 2 is 1.65 bits per heavy atom. The molecule has 0 atom stereocenters. The van der Waals surface area contributed by atoms with Gasteiger partial charge in [-0.3, -0.25) is 20.4 Å². The van der Waals surface area contributed by atoms with Crippen molar-refractivity contribution in [1.29, 1.82) is 0 Å². The summed E-state index contributed by atoms with van der Waals surface area (Å²) in [7, 11) is -2.49. The molecule has 11 heteroatoms. The molecule has 4 aromatic rings. The van der Waals surface area contributed by atoms with Crippen LogP contribution in [0, 0.1) is 0 Å². The van der Waals surface area contributed by atoms with Crippen LogP contribution in [0.15, 0.2) is 88.6 Å². The normalized spacial score (nSPS) is 11.4. The van der Waals surface area contributed by atoms with Crippen molar-refractivity contribution in [3.63, 3.8) is 0 Å². The van der Waals surface area contributed by atoms with Gasteiger partial charge in [0.2, 0.25) is 0 Å². The summed E-state index contributed by atoms with van der Waals surface area (Å²) in [6.07, 6.45) is 1.58. The minimum atomic E-state index is -3.79. The molecule has 174 valence electrons. The third-order valence-electron chi connectivity index (χ3n) is 4.87. The first-order chi connectivity index (χ1) is 16.4. The van der Waals surface area contributed by atoms with E-state index in [1.54, 1.807) is 22.3 Å². The van der Waals surface area contributed by atoms with E-state index in [4.69, 9.17) is 0 Å². The number of likely N-dealkylation sites (N-methyl/N-ethyl adjacent to an activating group) is 1. The standard InChI is InChI=1S/C23H21N5O4S2/c1-27(34(31,32)21-13-8-14-33-21)16-20(29)24-25-23(30)19-15-28(18-11-6-3-7-12-18)26-22(19)17-9-4-2-5-10-17/h2-15H,16H2,1H3,(H,24,29)(H,25,30). The Labute approximate surface area is 200 Å². The number of hydrogen-bond donors (Lipinski definition) is 2. The highest BCUT2D eigenvalue weighted by Crippen LogP contribution is 2.23. The number of benzene rings is 2. The van der Waals surface area contributed by atoms with Gasteiger partial charge < -0.3 is 0 Å². The molecular weight excluding hydrogens is 474 g/mol. The van der Waals surface area contributed by atoms with E-state index < -0.39 is 28.4 Å². The van der Waals surface area contributed by atoms with Crippen LogP contribution in [0.2, 0.25) is 0 Å². The number of hydrogen-bond acceptors (Lipinski definition) is 6. The van der Waals surface area contributed by atoms with Gasteiger partial charge in [-0.2, -0.15) is 9.40 Å². The Morgan fingerprint density at radius 3 is 2.29 bits per heavy atom. The maximum absolute atomic E-state index is 12.9. The van der Waals surface area contributed by atoms with Gasteiger partial charge in [0.1, 0.15) is 9.90 Å². The summed E-state index contributed by atoms with van der Waals surface area (Å²) >= 11 is 1.06. The molecule has 0 saturated carbocycles. The van der Waals surface area contributed by atoms with Gasteiger partial charge in [0, 0.05) is 18.8 Å². The number of sulfonamides is 1. The Kier molecular flexibility index (Phi) is 6.87. The van der Waals surface area contributed by atoms with Crippen LogP contribution < -0.4 is 10.9 Å². The molecule has 0 aliphatic carbocycles. The van der Waals surface area contributed by atoms with Crippen molar-refractivity contribution in [2.75, 3.05) is 13.6 Å². The van der Waals surface area contributed by atoms with Crippen LogP contribution in [-0.2, 0) is 14.8 Å². The number of hydrazine groups is 1. The molecule has 4 rings (SSSR count). The minimum Gasteiger partial charge on any atom is -0.272 e. The lowest BCUT2D eigenvalue weighted by Gasteiger charge is -2.15. The van der Waals surface area contributed by atoms with Gasteiger partial charge >= 0.3 is 0 Å². The molecule has 2 aromatic carbocycles. The fraction of sp³-hybridized carbons (Fsp3) is 0.0870. The first-order valence-electron chi connectivity index (χ1n) is 10.2. The van der Waals surface area contributed by atoms with Crippen molar-refractivity contribution in [1.82, 2.24) is 24.9 Å². The minimum absolute atomic E-state index is 0.132. The monoisotopic (exact) mass is 495 g/mol. The average molecular weight is 496 g/mol. The summed E-state index contributed by atoms with van der Waals surface area (Å²) in [6.45, 7) is -0.463. The first kappa shape index (κ1) is 23.4. The Balaban J connectivity index is 1.49. The number of carbonyl (C=O) groups is 2. The predicted molar refractivity (Wildman–Crippen MR) is 129 cm³/mol. The van der Waals surface area contributed by atoms with E-state index in [0.717, 1.165) is 26.9 Å². The maximum Gasteiger partial charge on any atom is 0.273 e. The molecule has 0 bridgehead atoms. The number of aromatic nitrogens is 2. The number of thiophene rings is 1. The van der Waals surface area contributed by atoms with E-state index >= 15 is 0 Å². The number of para-hydroxylation sites is 1. The van der Waals surface area contributed by atoms with Crippen molar-refractivity contribution in [2.45, 2.75) is 4.21 Å². The van der Waals surface area contributed by atoms with E-state index in [-0.39, 0.29) is 9.77 Å². The van der Waals surface area contributed by atoms with Gasteiger partial charge in [-0.1, -0.05) is 54.6 Å². The summed E-state index contributed by atoms with van der Waals surface area (Å²) < 4.78 is 27.6. The van der Waals surface area contributed by atoms with Crippen LogP contribution in [0.5, 0.6) is 0 Å². The fourth-order valence-electron chi connectivity index (χ4n) is 3.15. The molecule has 2 aromatic heterocycles. The third kappa shape index (κ3) is 5.06. The van der Waals surface area contributed by atoms with Gasteiger partial charge in [0.25, 0.3) is 21.8 Å². The zero-order chi connectivity index (χ0) is 24.1. The second-order valence-electron chi connectivity index (χ2n) is 7.23. The number of nitrogens with one attached hydrogen (secondary N) is 2. The molecule has 2 N–H and O–H groups in total. The van der Waals surface area contributed by atoms with Crippen LogP contribution in [0.25, 0.3) is 16.9 Å². The molecule has 0 fully saturated rings. The molecule has 34 heavy (non-hydrogen) atoms. The second-order valence-corrected chi connectivity index (χ2v) is 10.5. The Bertz CT molecular complexity index is 1390. The number of carbonyl (C=O) groups excluding carboxylic acids is 2. The van der Waals surface area contributed by atoms with Crippen LogP contribution in [0.3, 0.4) is 0 Å². The molecule has 0 unspecified atom stereocenters. The molecule has 2 heterocycles. The first-order valence-corrected chi connectivity index (χ1v) is 12.5. The highest BCUT2D eigenvalue weighted by Gasteiger charge is 2.24. The summed E-state index contributed by atoms with van der Waals surface area (Å²) in [5.74, 6) is -1.27.